The Morgan fingerprint density at radius 2 is 2.06 bits per heavy atom. The van der Waals surface area contributed by atoms with E-state index >= 15 is 0 Å². The molecule has 0 aliphatic heterocycles. The Bertz CT molecular complexity index is 399. The highest BCUT2D eigenvalue weighted by molar-refractivity contribution is 5.82. The first-order valence-electron chi connectivity index (χ1n) is 4.63. The molecule has 0 unspecified atom stereocenters. The fourth-order valence-electron chi connectivity index (χ4n) is 1.38. The molecule has 5 nitrogen and oxygen atoms in total. The molecule has 0 fully saturated rings. The Hall–Kier alpha value is -2.04. The maximum absolute atomic E-state index is 10.9. The quantitative estimate of drug-likeness (QED) is 0.788. The Balaban J connectivity index is 3.00. The number of carboxylic acid groups (broad SMARTS) is 2. The molecule has 0 bridgehead atoms. The van der Waals surface area contributed by atoms with Gasteiger partial charge in [0.15, 0.2) is 0 Å². The van der Waals surface area contributed by atoms with E-state index in [1.807, 2.05) is 0 Å². The minimum absolute atomic E-state index is 0.425. The minimum Gasteiger partial charge on any atom is -0.497 e. The van der Waals surface area contributed by atoms with Crippen LogP contribution < -0.4 is 4.74 Å². The first-order chi connectivity index (χ1) is 7.54. The third kappa shape index (κ3) is 2.98. The van der Waals surface area contributed by atoms with Crippen LogP contribution >= 0.6 is 0 Å². The second kappa shape index (κ2) is 5.16. The van der Waals surface area contributed by atoms with Crippen LogP contribution in [0.3, 0.4) is 0 Å². The van der Waals surface area contributed by atoms with Crippen molar-refractivity contribution in [3.05, 3.63) is 29.8 Å². The largest absolute Gasteiger partial charge is 0.497 e. The van der Waals surface area contributed by atoms with Crippen molar-refractivity contribution in [2.75, 3.05) is 7.11 Å². The maximum Gasteiger partial charge on any atom is 0.311 e. The van der Waals surface area contributed by atoms with E-state index in [2.05, 4.69) is 0 Å². The van der Waals surface area contributed by atoms with Gasteiger partial charge >= 0.3 is 11.9 Å². The van der Waals surface area contributed by atoms with E-state index in [4.69, 9.17) is 14.9 Å². The van der Waals surface area contributed by atoms with Gasteiger partial charge in [-0.25, -0.2) is 0 Å². The second-order valence-corrected chi connectivity index (χ2v) is 3.27. The molecule has 0 spiro atoms. The summed E-state index contributed by atoms with van der Waals surface area (Å²) in [5.74, 6) is -2.84. The maximum atomic E-state index is 10.9. The van der Waals surface area contributed by atoms with E-state index in [0.717, 1.165) is 0 Å². The molecule has 5 heteroatoms. The molecule has 0 saturated heterocycles. The fraction of sp³-hybridized carbons (Fsp3) is 0.273. The van der Waals surface area contributed by atoms with Crippen LogP contribution in [-0.2, 0) is 9.59 Å². The Kier molecular flexibility index (Phi) is 3.88. The molecular formula is C11H12O5. The molecule has 86 valence electrons. The number of rotatable bonds is 5. The van der Waals surface area contributed by atoms with Crippen molar-refractivity contribution in [1.82, 2.24) is 0 Å². The Morgan fingerprint density at radius 3 is 2.56 bits per heavy atom. The van der Waals surface area contributed by atoms with Crippen LogP contribution in [0.5, 0.6) is 5.75 Å². The molecule has 0 aromatic heterocycles. The Morgan fingerprint density at radius 1 is 1.38 bits per heavy atom. The smallest absolute Gasteiger partial charge is 0.311 e. The number of carbonyl (C=O) groups is 2. The van der Waals surface area contributed by atoms with Crippen molar-refractivity contribution in [2.45, 2.75) is 12.3 Å². The average Bonchev–Trinajstić information content (AvgIpc) is 2.25. The van der Waals surface area contributed by atoms with Gasteiger partial charge in [0.2, 0.25) is 0 Å². The topological polar surface area (TPSA) is 83.8 Å². The molecule has 0 saturated carbocycles. The van der Waals surface area contributed by atoms with Crippen molar-refractivity contribution >= 4 is 11.9 Å². The summed E-state index contributed by atoms with van der Waals surface area (Å²) in [7, 11) is 1.46. The zero-order valence-corrected chi connectivity index (χ0v) is 8.71. The lowest BCUT2D eigenvalue weighted by molar-refractivity contribution is -0.145. The molecule has 1 rings (SSSR count). The summed E-state index contributed by atoms with van der Waals surface area (Å²) in [6.45, 7) is 0. The predicted molar refractivity (Wildman–Crippen MR) is 55.6 cm³/mol. The molecule has 16 heavy (non-hydrogen) atoms. The van der Waals surface area contributed by atoms with Crippen LogP contribution in [-0.4, -0.2) is 29.3 Å². The fourth-order valence-corrected chi connectivity index (χ4v) is 1.38. The zero-order chi connectivity index (χ0) is 12.1. The molecule has 2 N–H and O–H groups in total. The number of carboxylic acids is 2. The summed E-state index contributed by atoms with van der Waals surface area (Å²) < 4.78 is 4.95. The van der Waals surface area contributed by atoms with E-state index in [0.29, 0.717) is 11.3 Å². The lowest BCUT2D eigenvalue weighted by Crippen LogP contribution is -2.15. The van der Waals surface area contributed by atoms with Gasteiger partial charge in [-0.1, -0.05) is 12.1 Å². The van der Waals surface area contributed by atoms with Crippen molar-refractivity contribution in [3.8, 4) is 5.75 Å². The highest BCUT2D eigenvalue weighted by Gasteiger charge is 2.23. The predicted octanol–water partition coefficient (Wildman–Crippen LogP) is 1.34. The van der Waals surface area contributed by atoms with E-state index < -0.39 is 24.3 Å². The lowest BCUT2D eigenvalue weighted by Gasteiger charge is -2.11. The van der Waals surface area contributed by atoms with Gasteiger partial charge in [-0.2, -0.15) is 0 Å². The van der Waals surface area contributed by atoms with Crippen LogP contribution in [0.2, 0.25) is 0 Å². The summed E-state index contributed by atoms with van der Waals surface area (Å²) >= 11 is 0. The zero-order valence-electron chi connectivity index (χ0n) is 8.71. The summed E-state index contributed by atoms with van der Waals surface area (Å²) in [6, 6.07) is 6.40. The Labute approximate surface area is 92.3 Å². The summed E-state index contributed by atoms with van der Waals surface area (Å²) in [5, 5.41) is 17.6. The van der Waals surface area contributed by atoms with E-state index in [-0.39, 0.29) is 0 Å². The number of benzene rings is 1. The van der Waals surface area contributed by atoms with Gasteiger partial charge in [0.25, 0.3) is 0 Å². The molecule has 1 aromatic rings. The van der Waals surface area contributed by atoms with Gasteiger partial charge in [-0.15, -0.1) is 0 Å². The molecule has 0 amide bonds. The minimum atomic E-state index is -1.16. The van der Waals surface area contributed by atoms with Gasteiger partial charge in [0.05, 0.1) is 19.4 Å². The van der Waals surface area contributed by atoms with Crippen LogP contribution in [0.25, 0.3) is 0 Å². The SMILES string of the molecule is COc1cccc([C@H](CC(=O)O)C(=O)O)c1. The van der Waals surface area contributed by atoms with Gasteiger partial charge in [0, 0.05) is 0 Å². The number of ether oxygens (including phenoxy) is 1. The first-order valence-corrected chi connectivity index (χ1v) is 4.63. The first kappa shape index (κ1) is 12.0. The van der Waals surface area contributed by atoms with Crippen LogP contribution in [0.1, 0.15) is 17.9 Å². The van der Waals surface area contributed by atoms with E-state index in [9.17, 15) is 9.59 Å². The molecular weight excluding hydrogens is 212 g/mol. The average molecular weight is 224 g/mol. The van der Waals surface area contributed by atoms with Gasteiger partial charge in [0.1, 0.15) is 5.75 Å². The highest BCUT2D eigenvalue weighted by Crippen LogP contribution is 2.23. The monoisotopic (exact) mass is 224 g/mol. The molecule has 1 aromatic carbocycles. The summed E-state index contributed by atoms with van der Waals surface area (Å²) in [4.78, 5) is 21.5. The van der Waals surface area contributed by atoms with Crippen molar-refractivity contribution in [1.29, 1.82) is 0 Å². The van der Waals surface area contributed by atoms with Crippen molar-refractivity contribution in [3.63, 3.8) is 0 Å². The third-order valence-electron chi connectivity index (χ3n) is 2.17. The van der Waals surface area contributed by atoms with Crippen LogP contribution in [0, 0.1) is 0 Å². The van der Waals surface area contributed by atoms with E-state index in [1.54, 1.807) is 18.2 Å². The number of methoxy groups -OCH3 is 1. The molecule has 0 heterocycles. The molecule has 0 aliphatic rings. The van der Waals surface area contributed by atoms with Gasteiger partial charge < -0.3 is 14.9 Å². The van der Waals surface area contributed by atoms with Crippen molar-refractivity contribution < 1.29 is 24.5 Å². The number of hydrogen-bond acceptors (Lipinski definition) is 3. The van der Waals surface area contributed by atoms with Gasteiger partial charge in [-0.05, 0) is 17.7 Å². The van der Waals surface area contributed by atoms with E-state index in [1.165, 1.54) is 13.2 Å². The highest BCUT2D eigenvalue weighted by atomic mass is 16.5. The normalized spacial score (nSPS) is 11.8. The third-order valence-corrected chi connectivity index (χ3v) is 2.17. The number of aliphatic carboxylic acids is 2. The summed E-state index contributed by atoms with van der Waals surface area (Å²) in [5.41, 5.74) is 0.425. The molecule has 0 aliphatic carbocycles. The van der Waals surface area contributed by atoms with Crippen LogP contribution in [0.4, 0.5) is 0 Å². The lowest BCUT2D eigenvalue weighted by atomic mass is 9.96. The molecule has 0 radical (unpaired) electrons. The summed E-state index contributed by atoms with van der Waals surface area (Å²) in [6.07, 6.45) is -0.442. The standard InChI is InChI=1S/C11H12O5/c1-16-8-4-2-3-7(5-8)9(11(14)15)6-10(12)13/h2-5,9H,6H2,1H3,(H,12,13)(H,14,15)/t9-/m0/s1. The van der Waals surface area contributed by atoms with Gasteiger partial charge in [-0.3, -0.25) is 9.59 Å². The number of hydrogen-bond donors (Lipinski definition) is 2. The second-order valence-electron chi connectivity index (χ2n) is 3.27. The van der Waals surface area contributed by atoms with Crippen LogP contribution in [0.15, 0.2) is 24.3 Å². The molecule has 1 atom stereocenters. The van der Waals surface area contributed by atoms with Crippen molar-refractivity contribution in [2.24, 2.45) is 0 Å².